The third-order valence-corrected chi connectivity index (χ3v) is 2.47. The fourth-order valence-corrected chi connectivity index (χ4v) is 1.79. The second-order valence-corrected chi connectivity index (χ2v) is 3.91. The normalized spacial score (nSPS) is 20.3. The molecule has 0 bridgehead atoms. The van der Waals surface area contributed by atoms with Crippen molar-refractivity contribution in [2.45, 2.75) is 18.9 Å². The molecule has 0 aliphatic carbocycles. The summed E-state index contributed by atoms with van der Waals surface area (Å²) in [5.41, 5.74) is 0.276. The van der Waals surface area contributed by atoms with Gasteiger partial charge in [0.2, 0.25) is 5.91 Å². The van der Waals surface area contributed by atoms with Crippen LogP contribution in [0.1, 0.15) is 6.42 Å². The van der Waals surface area contributed by atoms with Crippen LogP contribution >= 0.6 is 0 Å². The Morgan fingerprint density at radius 2 is 2.11 bits per heavy atom. The van der Waals surface area contributed by atoms with E-state index in [9.17, 15) is 23.1 Å². The molecule has 1 aliphatic rings. The highest BCUT2D eigenvalue weighted by atomic mass is 19.4. The van der Waals surface area contributed by atoms with Crippen molar-refractivity contribution in [2.24, 2.45) is 0 Å². The zero-order chi connectivity index (χ0) is 13.3. The first-order valence-corrected chi connectivity index (χ1v) is 5.19. The summed E-state index contributed by atoms with van der Waals surface area (Å²) in [6.45, 7) is 0.0777. The summed E-state index contributed by atoms with van der Waals surface area (Å²) in [5.74, 6) is -0.721. The highest BCUT2D eigenvalue weighted by Crippen LogP contribution is 2.28. The van der Waals surface area contributed by atoms with Gasteiger partial charge in [-0.1, -0.05) is 6.07 Å². The van der Waals surface area contributed by atoms with Crippen LogP contribution in [-0.2, 0) is 4.79 Å². The molecule has 1 saturated heterocycles. The first kappa shape index (κ1) is 12.7. The van der Waals surface area contributed by atoms with Crippen LogP contribution in [-0.4, -0.2) is 30.0 Å². The number of rotatable bonds is 2. The number of anilines is 1. The molecule has 1 unspecified atom stereocenters. The van der Waals surface area contributed by atoms with Crippen molar-refractivity contribution in [2.75, 3.05) is 11.4 Å². The second kappa shape index (κ2) is 4.49. The lowest BCUT2D eigenvalue weighted by Gasteiger charge is -2.17. The van der Waals surface area contributed by atoms with Gasteiger partial charge in [0, 0.05) is 11.8 Å². The lowest BCUT2D eigenvalue weighted by atomic mass is 10.3. The molecule has 1 heterocycles. The fraction of sp³-hybridized carbons (Fsp3) is 0.364. The number of alkyl halides is 3. The number of carbonyl (C=O) groups excluding carboxylic acids is 1. The Kier molecular flexibility index (Phi) is 3.16. The Bertz CT molecular complexity index is 461. The average Bonchev–Trinajstić information content (AvgIpc) is 2.55. The van der Waals surface area contributed by atoms with Crippen LogP contribution in [0.2, 0.25) is 0 Å². The SMILES string of the molecule is O=C1CC(O)CN1c1cccc(OC(F)(F)F)c1. The Morgan fingerprint density at radius 1 is 1.39 bits per heavy atom. The predicted molar refractivity (Wildman–Crippen MR) is 56.1 cm³/mol. The number of benzene rings is 1. The third kappa shape index (κ3) is 2.92. The van der Waals surface area contributed by atoms with E-state index in [4.69, 9.17) is 0 Å². The quantitative estimate of drug-likeness (QED) is 0.881. The fourth-order valence-electron chi connectivity index (χ4n) is 1.79. The number of carbonyl (C=O) groups is 1. The summed E-state index contributed by atoms with van der Waals surface area (Å²) < 4.78 is 39.9. The predicted octanol–water partition coefficient (Wildman–Crippen LogP) is 1.68. The first-order chi connectivity index (χ1) is 8.35. The topological polar surface area (TPSA) is 49.8 Å². The smallest absolute Gasteiger partial charge is 0.406 e. The van der Waals surface area contributed by atoms with Gasteiger partial charge in [0.05, 0.1) is 19.1 Å². The average molecular weight is 261 g/mol. The van der Waals surface area contributed by atoms with Crippen molar-refractivity contribution < 1.29 is 27.8 Å². The first-order valence-electron chi connectivity index (χ1n) is 5.19. The largest absolute Gasteiger partial charge is 0.573 e. The molecule has 1 N–H and O–H groups in total. The Labute approximate surface area is 101 Å². The summed E-state index contributed by atoms with van der Waals surface area (Å²) in [5, 5.41) is 9.31. The van der Waals surface area contributed by atoms with Gasteiger partial charge in [-0.15, -0.1) is 13.2 Å². The number of aliphatic hydroxyl groups excluding tert-OH is 1. The molecule has 1 aromatic carbocycles. The molecule has 18 heavy (non-hydrogen) atoms. The molecular weight excluding hydrogens is 251 g/mol. The van der Waals surface area contributed by atoms with E-state index in [2.05, 4.69) is 4.74 Å². The monoisotopic (exact) mass is 261 g/mol. The molecule has 1 fully saturated rings. The van der Waals surface area contributed by atoms with E-state index in [0.29, 0.717) is 0 Å². The minimum absolute atomic E-state index is 0.0235. The number of amides is 1. The molecule has 2 rings (SSSR count). The summed E-state index contributed by atoms with van der Waals surface area (Å²) >= 11 is 0. The lowest BCUT2D eigenvalue weighted by Crippen LogP contribution is -2.25. The number of nitrogens with zero attached hydrogens (tertiary/aromatic N) is 1. The van der Waals surface area contributed by atoms with Gasteiger partial charge in [0.15, 0.2) is 0 Å². The van der Waals surface area contributed by atoms with Crippen molar-refractivity contribution in [1.82, 2.24) is 0 Å². The second-order valence-electron chi connectivity index (χ2n) is 3.91. The summed E-state index contributed by atoms with van der Waals surface area (Å²) in [4.78, 5) is 12.7. The number of ether oxygens (including phenoxy) is 1. The maximum atomic E-state index is 12.0. The molecule has 0 aromatic heterocycles. The van der Waals surface area contributed by atoms with Crippen molar-refractivity contribution in [3.05, 3.63) is 24.3 Å². The van der Waals surface area contributed by atoms with Gasteiger partial charge < -0.3 is 14.7 Å². The zero-order valence-corrected chi connectivity index (χ0v) is 9.15. The molecule has 98 valence electrons. The molecule has 1 aliphatic heterocycles. The molecule has 7 heteroatoms. The molecular formula is C11H10F3NO3. The van der Waals surface area contributed by atoms with E-state index in [0.717, 1.165) is 12.1 Å². The molecule has 1 amide bonds. The van der Waals surface area contributed by atoms with E-state index in [1.807, 2.05) is 0 Å². The molecule has 0 radical (unpaired) electrons. The van der Waals surface area contributed by atoms with Crippen molar-refractivity contribution in [1.29, 1.82) is 0 Å². The zero-order valence-electron chi connectivity index (χ0n) is 9.15. The van der Waals surface area contributed by atoms with Gasteiger partial charge in [-0.05, 0) is 12.1 Å². The highest BCUT2D eigenvalue weighted by molar-refractivity contribution is 5.96. The number of β-amino-alcohol motifs (C(OH)–C–C–N with tert-alkyl or cyclic N) is 1. The standard InChI is InChI=1S/C11H10F3NO3/c12-11(13,14)18-9-3-1-2-7(4-9)15-6-8(16)5-10(15)17/h1-4,8,16H,5-6H2. The minimum Gasteiger partial charge on any atom is -0.406 e. The van der Waals surface area contributed by atoms with Crippen LogP contribution in [0.15, 0.2) is 24.3 Å². The van der Waals surface area contributed by atoms with E-state index >= 15 is 0 Å². The van der Waals surface area contributed by atoms with Crippen LogP contribution in [0.4, 0.5) is 18.9 Å². The number of aliphatic hydroxyl groups is 1. The molecule has 0 spiro atoms. The van der Waals surface area contributed by atoms with Crippen LogP contribution in [0, 0.1) is 0 Å². The Morgan fingerprint density at radius 3 is 2.67 bits per heavy atom. The Balaban J connectivity index is 2.20. The van der Waals surface area contributed by atoms with Crippen LogP contribution in [0.3, 0.4) is 0 Å². The minimum atomic E-state index is -4.77. The molecule has 4 nitrogen and oxygen atoms in total. The van der Waals surface area contributed by atoms with Crippen LogP contribution in [0.25, 0.3) is 0 Å². The number of hydrogen-bond donors (Lipinski definition) is 1. The molecule has 0 saturated carbocycles. The van der Waals surface area contributed by atoms with Gasteiger partial charge in [0.25, 0.3) is 0 Å². The van der Waals surface area contributed by atoms with Gasteiger partial charge in [-0.25, -0.2) is 0 Å². The van der Waals surface area contributed by atoms with Gasteiger partial charge in [-0.3, -0.25) is 4.79 Å². The maximum absolute atomic E-state index is 12.0. The Hall–Kier alpha value is -1.76. The molecule has 1 atom stereocenters. The number of hydrogen-bond acceptors (Lipinski definition) is 3. The maximum Gasteiger partial charge on any atom is 0.573 e. The van der Waals surface area contributed by atoms with Gasteiger partial charge in [0.1, 0.15) is 5.75 Å². The van der Waals surface area contributed by atoms with E-state index in [1.54, 1.807) is 0 Å². The van der Waals surface area contributed by atoms with Crippen molar-refractivity contribution in [3.63, 3.8) is 0 Å². The van der Waals surface area contributed by atoms with E-state index in [-0.39, 0.29) is 24.6 Å². The summed E-state index contributed by atoms with van der Waals surface area (Å²) in [6, 6.07) is 5.10. The lowest BCUT2D eigenvalue weighted by molar-refractivity contribution is -0.274. The van der Waals surface area contributed by atoms with Gasteiger partial charge >= 0.3 is 6.36 Å². The van der Waals surface area contributed by atoms with Crippen molar-refractivity contribution in [3.8, 4) is 5.75 Å². The van der Waals surface area contributed by atoms with Crippen molar-refractivity contribution >= 4 is 11.6 Å². The van der Waals surface area contributed by atoms with Crippen LogP contribution in [0.5, 0.6) is 5.75 Å². The summed E-state index contributed by atoms with van der Waals surface area (Å²) in [6.07, 6.45) is -5.58. The summed E-state index contributed by atoms with van der Waals surface area (Å²) in [7, 11) is 0. The van der Waals surface area contributed by atoms with Gasteiger partial charge in [-0.2, -0.15) is 0 Å². The third-order valence-electron chi connectivity index (χ3n) is 2.47. The van der Waals surface area contributed by atoms with E-state index < -0.39 is 18.2 Å². The number of halogens is 3. The molecule has 1 aromatic rings. The highest BCUT2D eigenvalue weighted by Gasteiger charge is 2.32. The van der Waals surface area contributed by atoms with E-state index in [1.165, 1.54) is 17.0 Å². The van der Waals surface area contributed by atoms with Crippen LogP contribution < -0.4 is 9.64 Å².